The highest BCUT2D eigenvalue weighted by molar-refractivity contribution is 6.39. The monoisotopic (exact) mass is 278 g/mol. The molecule has 0 bridgehead atoms. The zero-order valence-electron chi connectivity index (χ0n) is 11.9. The first-order chi connectivity index (χ1) is 9.23. The van der Waals surface area contributed by atoms with E-state index in [4.69, 9.17) is 0 Å². The van der Waals surface area contributed by atoms with Crippen molar-refractivity contribution in [3.63, 3.8) is 0 Å². The number of hydrogen-bond acceptors (Lipinski definition) is 4. The molecule has 1 aromatic carbocycles. The van der Waals surface area contributed by atoms with Gasteiger partial charge >= 0.3 is 17.8 Å². The van der Waals surface area contributed by atoms with Crippen molar-refractivity contribution in [1.29, 1.82) is 0 Å². The fraction of sp³-hybridized carbons (Fsp3) is 0.357. The second-order valence-corrected chi connectivity index (χ2v) is 5.23. The fourth-order valence-corrected chi connectivity index (χ4v) is 1.43. The molecule has 20 heavy (non-hydrogen) atoms. The SMILES string of the molecule is COC(=O)c1cccc(NC(=O)C(=O)NC(C)(C)C)c1. The number of carbonyl (C=O) groups is 3. The van der Waals surface area contributed by atoms with Gasteiger partial charge in [0, 0.05) is 11.2 Å². The molecule has 0 aromatic heterocycles. The molecule has 0 heterocycles. The lowest BCUT2D eigenvalue weighted by Crippen LogP contribution is -2.46. The number of amides is 2. The number of esters is 1. The molecule has 0 unspecified atom stereocenters. The second-order valence-electron chi connectivity index (χ2n) is 5.23. The van der Waals surface area contributed by atoms with Crippen molar-refractivity contribution in [1.82, 2.24) is 5.32 Å². The molecule has 1 aromatic rings. The molecule has 0 aliphatic heterocycles. The summed E-state index contributed by atoms with van der Waals surface area (Å²) in [5, 5.41) is 4.97. The van der Waals surface area contributed by atoms with Crippen molar-refractivity contribution in [2.45, 2.75) is 26.3 Å². The third-order valence-electron chi connectivity index (χ3n) is 2.24. The summed E-state index contributed by atoms with van der Waals surface area (Å²) in [6.45, 7) is 5.32. The minimum Gasteiger partial charge on any atom is -0.465 e. The van der Waals surface area contributed by atoms with E-state index in [0.717, 1.165) is 0 Å². The summed E-state index contributed by atoms with van der Waals surface area (Å²) in [5.41, 5.74) is 0.144. The Kier molecular flexibility index (Phi) is 4.85. The lowest BCUT2D eigenvalue weighted by Gasteiger charge is -2.19. The topological polar surface area (TPSA) is 84.5 Å². The summed E-state index contributed by atoms with van der Waals surface area (Å²) in [4.78, 5) is 34.7. The van der Waals surface area contributed by atoms with Crippen LogP contribution in [0.15, 0.2) is 24.3 Å². The predicted molar refractivity (Wildman–Crippen MR) is 74.3 cm³/mol. The third kappa shape index (κ3) is 4.72. The molecule has 0 saturated heterocycles. The molecule has 0 aliphatic carbocycles. The molecular formula is C14H18N2O4. The largest absolute Gasteiger partial charge is 0.465 e. The van der Waals surface area contributed by atoms with Gasteiger partial charge in [0.2, 0.25) is 0 Å². The summed E-state index contributed by atoms with van der Waals surface area (Å²) in [6, 6.07) is 6.16. The minimum atomic E-state index is -0.790. The Bertz CT molecular complexity index is 532. The van der Waals surface area contributed by atoms with E-state index in [2.05, 4.69) is 15.4 Å². The Morgan fingerprint density at radius 2 is 1.75 bits per heavy atom. The first-order valence-electron chi connectivity index (χ1n) is 6.05. The van der Waals surface area contributed by atoms with Crippen molar-refractivity contribution >= 4 is 23.5 Å². The number of nitrogens with one attached hydrogen (secondary N) is 2. The molecular weight excluding hydrogens is 260 g/mol. The molecule has 2 amide bonds. The van der Waals surface area contributed by atoms with Gasteiger partial charge in [-0.15, -0.1) is 0 Å². The number of hydrogen-bond donors (Lipinski definition) is 2. The first-order valence-corrected chi connectivity index (χ1v) is 6.05. The lowest BCUT2D eigenvalue weighted by molar-refractivity contribution is -0.137. The molecule has 0 spiro atoms. The van der Waals surface area contributed by atoms with E-state index < -0.39 is 23.3 Å². The molecule has 0 radical (unpaired) electrons. The number of benzene rings is 1. The zero-order valence-corrected chi connectivity index (χ0v) is 11.9. The van der Waals surface area contributed by atoms with Gasteiger partial charge in [-0.05, 0) is 39.0 Å². The molecule has 0 aliphatic rings. The maximum atomic E-state index is 11.7. The van der Waals surface area contributed by atoms with Gasteiger partial charge in [-0.3, -0.25) is 9.59 Å². The van der Waals surface area contributed by atoms with Crippen LogP contribution in [0.2, 0.25) is 0 Å². The van der Waals surface area contributed by atoms with Gasteiger partial charge in [-0.2, -0.15) is 0 Å². The van der Waals surface area contributed by atoms with E-state index in [-0.39, 0.29) is 0 Å². The lowest BCUT2D eigenvalue weighted by atomic mass is 10.1. The van der Waals surface area contributed by atoms with Gasteiger partial charge in [0.25, 0.3) is 0 Å². The Morgan fingerprint density at radius 3 is 2.30 bits per heavy atom. The van der Waals surface area contributed by atoms with Crippen LogP contribution in [-0.4, -0.2) is 30.4 Å². The predicted octanol–water partition coefficient (Wildman–Crippen LogP) is 1.33. The van der Waals surface area contributed by atoms with Gasteiger partial charge in [0.15, 0.2) is 0 Å². The van der Waals surface area contributed by atoms with Gasteiger partial charge in [-0.25, -0.2) is 4.79 Å². The molecule has 6 heteroatoms. The number of anilines is 1. The second kappa shape index (κ2) is 6.18. The average Bonchev–Trinajstić information content (AvgIpc) is 2.36. The zero-order chi connectivity index (χ0) is 15.3. The summed E-state index contributed by atoms with van der Waals surface area (Å²) in [5.74, 6) is -2.04. The standard InChI is InChI=1S/C14H18N2O4/c1-14(2,3)16-12(18)11(17)15-10-7-5-6-9(8-10)13(19)20-4/h5-8H,1-4H3,(H,15,17)(H,16,18). The fourth-order valence-electron chi connectivity index (χ4n) is 1.43. The third-order valence-corrected chi connectivity index (χ3v) is 2.24. The van der Waals surface area contributed by atoms with Crippen LogP contribution >= 0.6 is 0 Å². The molecule has 108 valence electrons. The van der Waals surface area contributed by atoms with Crippen LogP contribution in [0.1, 0.15) is 31.1 Å². The molecule has 0 fully saturated rings. The van der Waals surface area contributed by atoms with Crippen molar-refractivity contribution in [2.24, 2.45) is 0 Å². The van der Waals surface area contributed by atoms with Crippen molar-refractivity contribution in [3.05, 3.63) is 29.8 Å². The summed E-state index contributed by atoms with van der Waals surface area (Å²) >= 11 is 0. The molecule has 1 rings (SSSR count). The highest BCUT2D eigenvalue weighted by Gasteiger charge is 2.20. The van der Waals surface area contributed by atoms with Crippen LogP contribution in [0.4, 0.5) is 5.69 Å². The van der Waals surface area contributed by atoms with Gasteiger partial charge in [0.05, 0.1) is 12.7 Å². The Hall–Kier alpha value is -2.37. The molecule has 0 atom stereocenters. The van der Waals surface area contributed by atoms with Gasteiger partial charge in [0.1, 0.15) is 0 Å². The van der Waals surface area contributed by atoms with Gasteiger partial charge in [-0.1, -0.05) is 6.07 Å². The van der Waals surface area contributed by atoms with Crippen LogP contribution < -0.4 is 10.6 Å². The Balaban J connectivity index is 2.76. The van der Waals surface area contributed by atoms with E-state index in [9.17, 15) is 14.4 Å². The quantitative estimate of drug-likeness (QED) is 0.631. The van der Waals surface area contributed by atoms with E-state index in [1.807, 2.05) is 0 Å². The number of methoxy groups -OCH3 is 1. The van der Waals surface area contributed by atoms with Crippen LogP contribution in [0.3, 0.4) is 0 Å². The Morgan fingerprint density at radius 1 is 1.10 bits per heavy atom. The summed E-state index contributed by atoms with van der Waals surface area (Å²) in [7, 11) is 1.27. The molecule has 2 N–H and O–H groups in total. The first kappa shape index (κ1) is 15.7. The van der Waals surface area contributed by atoms with E-state index >= 15 is 0 Å². The highest BCUT2D eigenvalue weighted by Crippen LogP contribution is 2.11. The molecule has 0 saturated carbocycles. The van der Waals surface area contributed by atoms with Crippen LogP contribution in [-0.2, 0) is 14.3 Å². The van der Waals surface area contributed by atoms with E-state index in [1.54, 1.807) is 39.0 Å². The number of ether oxygens (including phenoxy) is 1. The minimum absolute atomic E-state index is 0.293. The number of rotatable bonds is 2. The van der Waals surface area contributed by atoms with Crippen molar-refractivity contribution in [2.75, 3.05) is 12.4 Å². The van der Waals surface area contributed by atoms with Gasteiger partial charge < -0.3 is 15.4 Å². The van der Waals surface area contributed by atoms with Crippen molar-refractivity contribution < 1.29 is 19.1 Å². The van der Waals surface area contributed by atoms with Crippen LogP contribution in [0.25, 0.3) is 0 Å². The Labute approximate surface area is 117 Å². The van der Waals surface area contributed by atoms with Crippen LogP contribution in [0.5, 0.6) is 0 Å². The average molecular weight is 278 g/mol. The normalized spacial score (nSPS) is 10.6. The maximum Gasteiger partial charge on any atom is 0.337 e. The highest BCUT2D eigenvalue weighted by atomic mass is 16.5. The van der Waals surface area contributed by atoms with E-state index in [0.29, 0.717) is 11.3 Å². The smallest absolute Gasteiger partial charge is 0.337 e. The maximum absolute atomic E-state index is 11.7. The number of carbonyl (C=O) groups excluding carboxylic acids is 3. The van der Waals surface area contributed by atoms with E-state index in [1.165, 1.54) is 13.2 Å². The molecule has 6 nitrogen and oxygen atoms in total. The summed E-state index contributed by atoms with van der Waals surface area (Å²) < 4.78 is 4.58. The van der Waals surface area contributed by atoms with Crippen molar-refractivity contribution in [3.8, 4) is 0 Å². The summed E-state index contributed by atoms with van der Waals surface area (Å²) in [6.07, 6.45) is 0. The van der Waals surface area contributed by atoms with Crippen LogP contribution in [0, 0.1) is 0 Å².